The van der Waals surface area contributed by atoms with E-state index in [1.165, 1.54) is 6.07 Å². The fraction of sp³-hybridized carbons (Fsp3) is 0.571. The Kier molecular flexibility index (Phi) is 5.63. The highest BCUT2D eigenvalue weighted by atomic mass is 32.2. The van der Waals surface area contributed by atoms with Crippen LogP contribution in [0, 0.1) is 11.6 Å². The zero-order chi connectivity index (χ0) is 14.5. The molecule has 1 aromatic rings. The van der Waals surface area contributed by atoms with E-state index in [1.807, 2.05) is 0 Å². The minimum Gasteiger partial charge on any atom is -0.380 e. The Bertz CT molecular complexity index is 484. The quantitative estimate of drug-likeness (QED) is 0.906. The van der Waals surface area contributed by atoms with E-state index >= 15 is 0 Å². The lowest BCUT2D eigenvalue weighted by molar-refractivity contribution is 0.0820. The van der Waals surface area contributed by atoms with Crippen LogP contribution < -0.4 is 5.32 Å². The zero-order valence-corrected chi connectivity index (χ0v) is 12.2. The van der Waals surface area contributed by atoms with Gasteiger partial charge in [-0.25, -0.2) is 8.78 Å². The molecule has 0 spiro atoms. The summed E-state index contributed by atoms with van der Waals surface area (Å²) >= 11 is 0. The molecule has 6 heteroatoms. The van der Waals surface area contributed by atoms with E-state index in [0.29, 0.717) is 18.1 Å². The molecule has 1 saturated heterocycles. The molecular weight excluding hydrogens is 284 g/mol. The molecule has 3 atom stereocenters. The van der Waals surface area contributed by atoms with Crippen molar-refractivity contribution in [2.24, 2.45) is 0 Å². The predicted molar refractivity (Wildman–Crippen MR) is 74.1 cm³/mol. The molecule has 1 aromatic carbocycles. The van der Waals surface area contributed by atoms with Gasteiger partial charge < -0.3 is 10.1 Å². The molecule has 3 nitrogen and oxygen atoms in total. The topological polar surface area (TPSA) is 38.3 Å². The molecule has 112 valence electrons. The molecular formula is C14H19F2NO2S. The second kappa shape index (κ2) is 7.24. The Morgan fingerprint density at radius 1 is 1.40 bits per heavy atom. The average molecular weight is 303 g/mol. The smallest absolute Gasteiger partial charge is 0.160 e. The largest absolute Gasteiger partial charge is 0.380 e. The van der Waals surface area contributed by atoms with Gasteiger partial charge in [0.05, 0.1) is 22.7 Å². The van der Waals surface area contributed by atoms with E-state index in [1.54, 1.807) is 0 Å². The first-order valence-electron chi connectivity index (χ1n) is 6.80. The molecule has 0 bridgehead atoms. The zero-order valence-electron chi connectivity index (χ0n) is 11.4. The van der Waals surface area contributed by atoms with Crippen molar-refractivity contribution in [3.05, 3.63) is 29.8 Å². The molecule has 1 N–H and O–H groups in total. The Morgan fingerprint density at radius 3 is 2.90 bits per heavy atom. The van der Waals surface area contributed by atoms with Gasteiger partial charge in [-0.15, -0.1) is 0 Å². The number of rotatable bonds is 5. The van der Waals surface area contributed by atoms with Crippen molar-refractivity contribution in [1.82, 2.24) is 5.32 Å². The van der Waals surface area contributed by atoms with Crippen LogP contribution in [0.25, 0.3) is 0 Å². The van der Waals surface area contributed by atoms with Crippen molar-refractivity contribution in [1.29, 1.82) is 0 Å². The monoisotopic (exact) mass is 303 g/mol. The number of benzene rings is 1. The first-order valence-corrected chi connectivity index (χ1v) is 8.01. The maximum atomic E-state index is 13.3. The molecule has 1 fully saturated rings. The molecule has 0 aromatic heterocycles. The second-order valence-electron chi connectivity index (χ2n) is 4.84. The Labute approximate surface area is 120 Å². The molecule has 2 rings (SSSR count). The first kappa shape index (κ1) is 15.5. The van der Waals surface area contributed by atoms with Crippen LogP contribution >= 0.6 is 0 Å². The summed E-state index contributed by atoms with van der Waals surface area (Å²) in [5.41, 5.74) is 0. The summed E-state index contributed by atoms with van der Waals surface area (Å²) in [5, 5.41) is 3.12. The third-order valence-corrected chi connectivity index (χ3v) is 5.09. The molecule has 3 unspecified atom stereocenters. The minimum atomic E-state index is -1.42. The number of hydrogen-bond acceptors (Lipinski definition) is 3. The fourth-order valence-corrected chi connectivity index (χ4v) is 3.78. The van der Waals surface area contributed by atoms with Gasteiger partial charge in [-0.1, -0.05) is 6.92 Å². The van der Waals surface area contributed by atoms with Crippen LogP contribution in [0.15, 0.2) is 23.1 Å². The number of nitrogens with one attached hydrogen (secondary N) is 1. The standard InChI is InChI=1S/C14H19F2NO2S/c1-2-6-17-13-5-7-19-9-14(13)20(18)10-3-4-11(15)12(16)8-10/h3-4,8,13-14,17H,2,5-7,9H2,1H3. The van der Waals surface area contributed by atoms with E-state index in [-0.39, 0.29) is 11.3 Å². The Morgan fingerprint density at radius 2 is 2.20 bits per heavy atom. The van der Waals surface area contributed by atoms with E-state index in [9.17, 15) is 13.0 Å². The van der Waals surface area contributed by atoms with Crippen molar-refractivity contribution in [3.8, 4) is 0 Å². The first-order chi connectivity index (χ1) is 9.63. The van der Waals surface area contributed by atoms with Crippen LogP contribution in [0.4, 0.5) is 8.78 Å². The van der Waals surface area contributed by atoms with Crippen LogP contribution in [0.3, 0.4) is 0 Å². The molecule has 1 aliphatic rings. The minimum absolute atomic E-state index is 0.0812. The van der Waals surface area contributed by atoms with Crippen molar-refractivity contribution in [3.63, 3.8) is 0 Å². The number of hydrogen-bond donors (Lipinski definition) is 1. The van der Waals surface area contributed by atoms with Gasteiger partial charge in [0.2, 0.25) is 0 Å². The summed E-state index contributed by atoms with van der Waals surface area (Å²) in [6, 6.07) is 3.48. The highest BCUT2D eigenvalue weighted by molar-refractivity contribution is 7.85. The van der Waals surface area contributed by atoms with Crippen LogP contribution in [-0.4, -0.2) is 35.3 Å². The van der Waals surface area contributed by atoms with Crippen molar-refractivity contribution >= 4 is 10.8 Å². The lowest BCUT2D eigenvalue weighted by Gasteiger charge is -2.31. The lowest BCUT2D eigenvalue weighted by Crippen LogP contribution is -2.48. The molecule has 0 amide bonds. The van der Waals surface area contributed by atoms with Crippen molar-refractivity contribution in [2.75, 3.05) is 19.8 Å². The average Bonchev–Trinajstić information content (AvgIpc) is 2.47. The molecule has 1 heterocycles. The van der Waals surface area contributed by atoms with Gasteiger partial charge in [-0.3, -0.25) is 4.21 Å². The maximum absolute atomic E-state index is 13.3. The maximum Gasteiger partial charge on any atom is 0.160 e. The highest BCUT2D eigenvalue weighted by Crippen LogP contribution is 2.21. The summed E-state index contributed by atoms with van der Waals surface area (Å²) in [6.07, 6.45) is 1.77. The highest BCUT2D eigenvalue weighted by Gasteiger charge is 2.31. The van der Waals surface area contributed by atoms with Crippen LogP contribution in [-0.2, 0) is 15.5 Å². The van der Waals surface area contributed by atoms with E-state index in [0.717, 1.165) is 31.5 Å². The number of halogens is 2. The number of ether oxygens (including phenoxy) is 1. The van der Waals surface area contributed by atoms with Crippen LogP contribution in [0.2, 0.25) is 0 Å². The van der Waals surface area contributed by atoms with Gasteiger partial charge in [0.15, 0.2) is 11.6 Å². The molecule has 0 aliphatic carbocycles. The summed E-state index contributed by atoms with van der Waals surface area (Å²) in [4.78, 5) is 0.308. The Hall–Kier alpha value is -0.850. The Balaban J connectivity index is 2.14. The molecule has 0 radical (unpaired) electrons. The molecule has 20 heavy (non-hydrogen) atoms. The van der Waals surface area contributed by atoms with Gasteiger partial charge in [-0.05, 0) is 37.6 Å². The van der Waals surface area contributed by atoms with Gasteiger partial charge in [0.1, 0.15) is 0 Å². The summed E-state index contributed by atoms with van der Waals surface area (Å²) in [6.45, 7) is 3.91. The third kappa shape index (κ3) is 3.62. The third-order valence-electron chi connectivity index (χ3n) is 3.36. The summed E-state index contributed by atoms with van der Waals surface area (Å²) in [5.74, 6) is -1.89. The summed E-state index contributed by atoms with van der Waals surface area (Å²) in [7, 11) is -1.42. The van der Waals surface area contributed by atoms with Crippen LogP contribution in [0.1, 0.15) is 19.8 Å². The van der Waals surface area contributed by atoms with Crippen molar-refractivity contribution < 1.29 is 17.7 Å². The predicted octanol–water partition coefficient (Wildman–Crippen LogP) is 2.23. The van der Waals surface area contributed by atoms with E-state index < -0.39 is 22.4 Å². The molecule has 0 saturated carbocycles. The van der Waals surface area contributed by atoms with Crippen LogP contribution in [0.5, 0.6) is 0 Å². The van der Waals surface area contributed by atoms with Gasteiger partial charge in [0, 0.05) is 17.5 Å². The SMILES string of the molecule is CCCNC1CCOCC1S(=O)c1ccc(F)c(F)c1. The van der Waals surface area contributed by atoms with E-state index in [4.69, 9.17) is 4.74 Å². The van der Waals surface area contributed by atoms with Gasteiger partial charge in [0.25, 0.3) is 0 Å². The normalized spacial score (nSPS) is 24.6. The fourth-order valence-electron chi connectivity index (χ4n) is 2.26. The second-order valence-corrected chi connectivity index (χ2v) is 6.51. The van der Waals surface area contributed by atoms with E-state index in [2.05, 4.69) is 12.2 Å². The van der Waals surface area contributed by atoms with Gasteiger partial charge in [-0.2, -0.15) is 0 Å². The lowest BCUT2D eigenvalue weighted by atomic mass is 10.1. The molecule has 1 aliphatic heterocycles. The van der Waals surface area contributed by atoms with Crippen molar-refractivity contribution in [2.45, 2.75) is 36.0 Å². The summed E-state index contributed by atoms with van der Waals surface area (Å²) < 4.78 is 44.1. The van der Waals surface area contributed by atoms with Gasteiger partial charge >= 0.3 is 0 Å².